The number of hydrogen-bond donors (Lipinski definition) is 0. The van der Waals surface area contributed by atoms with Crippen LogP contribution in [0.2, 0.25) is 5.02 Å². The summed E-state index contributed by atoms with van der Waals surface area (Å²) >= 11 is 7.25. The molecule has 0 fully saturated rings. The van der Waals surface area contributed by atoms with Crippen LogP contribution in [-0.4, -0.2) is 25.1 Å². The summed E-state index contributed by atoms with van der Waals surface area (Å²) in [6, 6.07) is 13.5. The van der Waals surface area contributed by atoms with Gasteiger partial charge in [0, 0.05) is 11.4 Å². The molecule has 4 rings (SSSR count). The molecule has 32 heavy (non-hydrogen) atoms. The van der Waals surface area contributed by atoms with Crippen molar-refractivity contribution in [3.8, 4) is 0 Å². The van der Waals surface area contributed by atoms with Crippen molar-refractivity contribution in [3.05, 3.63) is 76.7 Å². The van der Waals surface area contributed by atoms with E-state index in [1.165, 1.54) is 46.8 Å². The molecule has 0 spiro atoms. The molecule has 0 radical (unpaired) electrons. The molecule has 166 valence electrons. The van der Waals surface area contributed by atoms with Crippen LogP contribution in [0.1, 0.15) is 23.3 Å². The molecule has 2 aromatic carbocycles. The maximum Gasteiger partial charge on any atom is 0.230 e. The van der Waals surface area contributed by atoms with E-state index in [1.54, 1.807) is 12.1 Å². The third kappa shape index (κ3) is 4.87. The smallest absolute Gasteiger partial charge is 0.230 e. The van der Waals surface area contributed by atoms with Gasteiger partial charge in [-0.1, -0.05) is 29.0 Å². The van der Waals surface area contributed by atoms with Gasteiger partial charge in [0.15, 0.2) is 15.0 Å². The van der Waals surface area contributed by atoms with Gasteiger partial charge in [0.1, 0.15) is 5.76 Å². The van der Waals surface area contributed by atoms with Crippen molar-refractivity contribution in [3.63, 3.8) is 0 Å². The van der Waals surface area contributed by atoms with Crippen LogP contribution in [-0.2, 0) is 21.2 Å². The molecule has 0 atom stereocenters. The number of carbonyl (C=O) groups is 1. The third-order valence-electron chi connectivity index (χ3n) is 5.00. The Morgan fingerprint density at radius 3 is 2.59 bits per heavy atom. The lowest BCUT2D eigenvalue weighted by Crippen LogP contribution is -2.31. The minimum absolute atomic E-state index is 0.137. The van der Waals surface area contributed by atoms with Gasteiger partial charge in [-0.05, 0) is 67.4 Å². The SMILES string of the molecule is Cc1cc(C)c2nc(N(Cc3ccco3)C(=O)CCS(=O)(=O)c3ccc(Cl)cc3)sc2c1. The van der Waals surface area contributed by atoms with E-state index in [0.717, 1.165) is 21.3 Å². The molecule has 0 N–H and O–H groups in total. The molecule has 1 amide bonds. The number of carbonyl (C=O) groups excluding carboxylic acids is 1. The Morgan fingerprint density at radius 1 is 1.16 bits per heavy atom. The quantitative estimate of drug-likeness (QED) is 0.340. The number of nitrogens with zero attached hydrogens (tertiary/aromatic N) is 2. The van der Waals surface area contributed by atoms with Crippen LogP contribution in [0.4, 0.5) is 5.13 Å². The van der Waals surface area contributed by atoms with E-state index in [-0.39, 0.29) is 29.5 Å². The molecule has 2 aromatic heterocycles. The summed E-state index contributed by atoms with van der Waals surface area (Å²) in [7, 11) is -3.63. The van der Waals surface area contributed by atoms with Gasteiger partial charge in [-0.3, -0.25) is 9.69 Å². The molecule has 4 aromatic rings. The van der Waals surface area contributed by atoms with Gasteiger partial charge in [0.25, 0.3) is 0 Å². The Hall–Kier alpha value is -2.68. The Bertz CT molecular complexity index is 1360. The van der Waals surface area contributed by atoms with Gasteiger partial charge in [-0.2, -0.15) is 0 Å². The first-order valence-electron chi connectivity index (χ1n) is 9.92. The van der Waals surface area contributed by atoms with Crippen molar-refractivity contribution in [1.82, 2.24) is 4.98 Å². The minimum Gasteiger partial charge on any atom is -0.467 e. The van der Waals surface area contributed by atoms with Crippen LogP contribution in [0.15, 0.2) is 64.1 Å². The van der Waals surface area contributed by atoms with Crippen molar-refractivity contribution in [2.45, 2.75) is 31.7 Å². The average molecular weight is 489 g/mol. The first-order valence-corrected chi connectivity index (χ1v) is 12.8. The number of aromatic nitrogens is 1. The maximum absolute atomic E-state index is 13.2. The van der Waals surface area contributed by atoms with Crippen molar-refractivity contribution >= 4 is 54.0 Å². The van der Waals surface area contributed by atoms with Gasteiger partial charge >= 0.3 is 0 Å². The summed E-state index contributed by atoms with van der Waals surface area (Å²) in [6.45, 7) is 4.17. The van der Waals surface area contributed by atoms with E-state index < -0.39 is 9.84 Å². The fraction of sp³-hybridized carbons (Fsp3) is 0.217. The summed E-state index contributed by atoms with van der Waals surface area (Å²) in [5.41, 5.74) is 2.98. The lowest BCUT2D eigenvalue weighted by atomic mass is 10.1. The van der Waals surface area contributed by atoms with E-state index in [1.807, 2.05) is 26.0 Å². The molecule has 0 saturated carbocycles. The molecule has 0 aliphatic heterocycles. The number of anilines is 1. The number of furan rings is 1. The first kappa shape index (κ1) is 22.5. The number of benzene rings is 2. The zero-order valence-electron chi connectivity index (χ0n) is 17.5. The minimum atomic E-state index is -3.63. The predicted molar refractivity (Wildman–Crippen MR) is 127 cm³/mol. The third-order valence-corrected chi connectivity index (χ3v) is 8.01. The van der Waals surface area contributed by atoms with Crippen LogP contribution < -0.4 is 4.90 Å². The molecule has 0 aliphatic carbocycles. The van der Waals surface area contributed by atoms with Gasteiger partial charge in [-0.25, -0.2) is 13.4 Å². The van der Waals surface area contributed by atoms with E-state index in [9.17, 15) is 13.2 Å². The number of fused-ring (bicyclic) bond motifs is 1. The van der Waals surface area contributed by atoms with Crippen molar-refractivity contribution in [2.24, 2.45) is 0 Å². The number of thiazole rings is 1. The molecular weight excluding hydrogens is 468 g/mol. The maximum atomic E-state index is 13.2. The zero-order chi connectivity index (χ0) is 22.9. The normalized spacial score (nSPS) is 11.7. The van der Waals surface area contributed by atoms with Gasteiger partial charge < -0.3 is 4.42 Å². The van der Waals surface area contributed by atoms with E-state index in [0.29, 0.717) is 15.9 Å². The predicted octanol–water partition coefficient (Wildman–Crippen LogP) is 5.56. The first-order chi connectivity index (χ1) is 15.2. The van der Waals surface area contributed by atoms with Crippen molar-refractivity contribution in [1.29, 1.82) is 0 Å². The Morgan fingerprint density at radius 2 is 1.91 bits per heavy atom. The molecule has 6 nitrogen and oxygen atoms in total. The zero-order valence-corrected chi connectivity index (χ0v) is 19.9. The highest BCUT2D eigenvalue weighted by Crippen LogP contribution is 2.33. The van der Waals surface area contributed by atoms with Gasteiger partial charge in [-0.15, -0.1) is 0 Å². The number of rotatable bonds is 7. The summed E-state index contributed by atoms with van der Waals surface area (Å²) in [5.74, 6) is -0.0658. The van der Waals surface area contributed by atoms with E-state index in [4.69, 9.17) is 16.0 Å². The standard InChI is InChI=1S/C23H21ClN2O4S2/c1-15-12-16(2)22-20(13-15)31-23(25-22)26(14-18-4-3-10-30-18)21(27)9-11-32(28,29)19-7-5-17(24)6-8-19/h3-8,10,12-13H,9,11,14H2,1-2H3. The molecule has 9 heteroatoms. The average Bonchev–Trinajstić information content (AvgIpc) is 3.40. The second kappa shape index (κ2) is 9.05. The number of amides is 1. The Kier molecular flexibility index (Phi) is 6.37. The molecule has 0 aliphatic rings. The summed E-state index contributed by atoms with van der Waals surface area (Å²) in [5, 5.41) is 0.963. The van der Waals surface area contributed by atoms with Crippen LogP contribution >= 0.6 is 22.9 Å². The highest BCUT2D eigenvalue weighted by molar-refractivity contribution is 7.91. The van der Waals surface area contributed by atoms with Crippen molar-refractivity contribution < 1.29 is 17.6 Å². The fourth-order valence-electron chi connectivity index (χ4n) is 3.41. The van der Waals surface area contributed by atoms with E-state index in [2.05, 4.69) is 4.98 Å². The van der Waals surface area contributed by atoms with Crippen molar-refractivity contribution in [2.75, 3.05) is 10.7 Å². The highest BCUT2D eigenvalue weighted by atomic mass is 35.5. The lowest BCUT2D eigenvalue weighted by Gasteiger charge is -2.18. The Labute approximate surface area is 195 Å². The van der Waals surface area contributed by atoms with Crippen LogP contribution in [0.3, 0.4) is 0 Å². The van der Waals surface area contributed by atoms with E-state index >= 15 is 0 Å². The molecule has 0 unspecified atom stereocenters. The Balaban J connectivity index is 1.61. The van der Waals surface area contributed by atoms with Crippen LogP contribution in [0, 0.1) is 13.8 Å². The number of hydrogen-bond acceptors (Lipinski definition) is 6. The monoisotopic (exact) mass is 488 g/mol. The number of aryl methyl sites for hydroxylation is 2. The molecule has 2 heterocycles. The van der Waals surface area contributed by atoms with Crippen LogP contribution in [0.5, 0.6) is 0 Å². The lowest BCUT2D eigenvalue weighted by molar-refractivity contribution is -0.118. The number of sulfone groups is 1. The molecular formula is C23H21ClN2O4S2. The largest absolute Gasteiger partial charge is 0.467 e. The fourth-order valence-corrected chi connectivity index (χ4v) is 5.93. The molecule has 0 saturated heterocycles. The van der Waals surface area contributed by atoms with Gasteiger partial charge in [0.05, 0.1) is 33.7 Å². The second-order valence-corrected chi connectivity index (χ2v) is 11.1. The number of halogens is 1. The van der Waals surface area contributed by atoms with Crippen LogP contribution in [0.25, 0.3) is 10.2 Å². The second-order valence-electron chi connectivity index (χ2n) is 7.51. The highest BCUT2D eigenvalue weighted by Gasteiger charge is 2.24. The van der Waals surface area contributed by atoms with Gasteiger partial charge in [0.2, 0.25) is 5.91 Å². The molecule has 0 bridgehead atoms. The summed E-state index contributed by atoms with van der Waals surface area (Å²) in [6.07, 6.45) is 1.36. The summed E-state index contributed by atoms with van der Waals surface area (Å²) in [4.78, 5) is 19.5. The topological polar surface area (TPSA) is 80.5 Å². The summed E-state index contributed by atoms with van der Waals surface area (Å²) < 4.78 is 31.8.